The van der Waals surface area contributed by atoms with Crippen LogP contribution in [0.5, 0.6) is 0 Å². The Labute approximate surface area is 158 Å². The minimum absolute atomic E-state index is 0.0898. The molecule has 0 saturated heterocycles. The van der Waals surface area contributed by atoms with Crippen LogP contribution in [0.1, 0.15) is 18.4 Å². The first-order valence-electron chi connectivity index (χ1n) is 8.68. The van der Waals surface area contributed by atoms with Crippen LogP contribution in [0.3, 0.4) is 0 Å². The van der Waals surface area contributed by atoms with Gasteiger partial charge in [0.25, 0.3) is 10.0 Å². The smallest absolute Gasteiger partial charge is 0.303 e. The molecule has 0 spiro atoms. The molecule has 0 aromatic heterocycles. The van der Waals surface area contributed by atoms with Crippen LogP contribution in [0.4, 0.5) is 5.69 Å². The van der Waals surface area contributed by atoms with Crippen molar-refractivity contribution in [1.82, 2.24) is 0 Å². The van der Waals surface area contributed by atoms with Gasteiger partial charge in [-0.05, 0) is 48.4 Å². The number of sulfonamides is 1. The molecule has 0 aliphatic heterocycles. The van der Waals surface area contributed by atoms with Gasteiger partial charge in [-0.3, -0.25) is 9.10 Å². The Morgan fingerprint density at radius 3 is 2.30 bits per heavy atom. The standard InChI is InChI=1S/C21H21NO4S/c1-16-8-12-20(13-9-16)27(25,26)22(14-4-7-21(23)24)19-11-10-17-5-2-3-6-18(17)15-19/h2-3,5-6,8-13,15H,4,7,14H2,1H3,(H,23,24). The molecule has 27 heavy (non-hydrogen) atoms. The van der Waals surface area contributed by atoms with E-state index in [0.717, 1.165) is 16.3 Å². The van der Waals surface area contributed by atoms with Crippen molar-refractivity contribution < 1.29 is 18.3 Å². The van der Waals surface area contributed by atoms with E-state index in [0.29, 0.717) is 5.69 Å². The van der Waals surface area contributed by atoms with E-state index in [9.17, 15) is 13.2 Å². The maximum Gasteiger partial charge on any atom is 0.303 e. The Morgan fingerprint density at radius 1 is 0.963 bits per heavy atom. The lowest BCUT2D eigenvalue weighted by Crippen LogP contribution is -2.32. The third-order valence-corrected chi connectivity index (χ3v) is 6.22. The highest BCUT2D eigenvalue weighted by Crippen LogP contribution is 2.28. The Balaban J connectivity index is 2.03. The Hall–Kier alpha value is -2.86. The fourth-order valence-corrected chi connectivity index (χ4v) is 4.43. The van der Waals surface area contributed by atoms with Gasteiger partial charge in [-0.25, -0.2) is 8.42 Å². The molecule has 0 fully saturated rings. The monoisotopic (exact) mass is 383 g/mol. The quantitative estimate of drug-likeness (QED) is 0.663. The van der Waals surface area contributed by atoms with E-state index in [-0.39, 0.29) is 24.3 Å². The van der Waals surface area contributed by atoms with Crippen molar-refractivity contribution in [3.05, 3.63) is 72.3 Å². The van der Waals surface area contributed by atoms with Gasteiger partial charge in [0.05, 0.1) is 10.6 Å². The lowest BCUT2D eigenvalue weighted by Gasteiger charge is -2.25. The summed E-state index contributed by atoms with van der Waals surface area (Å²) < 4.78 is 27.8. The normalized spacial score (nSPS) is 11.4. The van der Waals surface area contributed by atoms with Gasteiger partial charge in [0.1, 0.15) is 0 Å². The van der Waals surface area contributed by atoms with E-state index >= 15 is 0 Å². The molecule has 0 atom stereocenters. The van der Waals surface area contributed by atoms with Crippen LogP contribution in [-0.4, -0.2) is 26.0 Å². The Kier molecular flexibility index (Phi) is 5.46. The lowest BCUT2D eigenvalue weighted by atomic mass is 10.1. The first-order chi connectivity index (χ1) is 12.9. The highest BCUT2D eigenvalue weighted by molar-refractivity contribution is 7.92. The molecular formula is C21H21NO4S. The number of hydrogen-bond acceptors (Lipinski definition) is 3. The number of carboxylic acid groups (broad SMARTS) is 1. The number of fused-ring (bicyclic) bond motifs is 1. The van der Waals surface area contributed by atoms with Crippen molar-refractivity contribution in [2.75, 3.05) is 10.8 Å². The van der Waals surface area contributed by atoms with Crippen LogP contribution in [0.25, 0.3) is 10.8 Å². The van der Waals surface area contributed by atoms with E-state index < -0.39 is 16.0 Å². The molecule has 140 valence electrons. The highest BCUT2D eigenvalue weighted by Gasteiger charge is 2.25. The molecule has 0 aliphatic carbocycles. The maximum atomic E-state index is 13.2. The van der Waals surface area contributed by atoms with Gasteiger partial charge in [-0.15, -0.1) is 0 Å². The molecule has 0 radical (unpaired) electrons. The summed E-state index contributed by atoms with van der Waals surface area (Å²) in [6.45, 7) is 1.99. The zero-order valence-electron chi connectivity index (χ0n) is 15.0. The van der Waals surface area contributed by atoms with E-state index in [2.05, 4.69) is 0 Å². The summed E-state index contributed by atoms with van der Waals surface area (Å²) in [4.78, 5) is 11.1. The average Bonchev–Trinajstić information content (AvgIpc) is 2.65. The zero-order valence-corrected chi connectivity index (χ0v) is 15.8. The number of aliphatic carboxylic acids is 1. The predicted octanol–water partition coefficient (Wildman–Crippen LogP) is 4.21. The van der Waals surface area contributed by atoms with Crippen molar-refractivity contribution in [3.8, 4) is 0 Å². The highest BCUT2D eigenvalue weighted by atomic mass is 32.2. The average molecular weight is 383 g/mol. The maximum absolute atomic E-state index is 13.2. The van der Waals surface area contributed by atoms with Crippen LogP contribution in [-0.2, 0) is 14.8 Å². The lowest BCUT2D eigenvalue weighted by molar-refractivity contribution is -0.137. The van der Waals surface area contributed by atoms with Gasteiger partial charge in [0.15, 0.2) is 0 Å². The summed E-state index contributed by atoms with van der Waals surface area (Å²) >= 11 is 0. The molecule has 0 unspecified atom stereocenters. The Morgan fingerprint density at radius 2 is 1.63 bits per heavy atom. The van der Waals surface area contributed by atoms with Gasteiger partial charge < -0.3 is 5.11 Å². The van der Waals surface area contributed by atoms with Crippen LogP contribution < -0.4 is 4.31 Å². The minimum atomic E-state index is -3.80. The molecular weight excluding hydrogens is 362 g/mol. The van der Waals surface area contributed by atoms with Crippen LogP contribution in [0, 0.1) is 6.92 Å². The second-order valence-electron chi connectivity index (χ2n) is 6.42. The molecule has 0 bridgehead atoms. The molecule has 6 heteroatoms. The summed E-state index contributed by atoms with van der Waals surface area (Å²) in [7, 11) is -3.80. The number of carbonyl (C=O) groups is 1. The Bertz CT molecular complexity index is 1060. The van der Waals surface area contributed by atoms with E-state index in [1.54, 1.807) is 30.3 Å². The number of hydrogen-bond donors (Lipinski definition) is 1. The molecule has 0 heterocycles. The van der Waals surface area contributed by atoms with Crippen LogP contribution >= 0.6 is 0 Å². The summed E-state index contributed by atoms with van der Waals surface area (Å²) in [5, 5.41) is 10.9. The fraction of sp³-hybridized carbons (Fsp3) is 0.190. The second-order valence-corrected chi connectivity index (χ2v) is 8.28. The predicted molar refractivity (Wildman–Crippen MR) is 107 cm³/mol. The zero-order chi connectivity index (χ0) is 19.4. The summed E-state index contributed by atoms with van der Waals surface area (Å²) in [5.41, 5.74) is 1.50. The molecule has 3 aromatic carbocycles. The van der Waals surface area contributed by atoms with Crippen LogP contribution in [0.15, 0.2) is 71.6 Å². The van der Waals surface area contributed by atoms with Gasteiger partial charge in [0, 0.05) is 13.0 Å². The van der Waals surface area contributed by atoms with E-state index in [4.69, 9.17) is 5.11 Å². The molecule has 5 nitrogen and oxygen atoms in total. The number of benzene rings is 3. The topological polar surface area (TPSA) is 74.7 Å². The molecule has 1 N–H and O–H groups in total. The first kappa shape index (κ1) is 18.9. The van der Waals surface area contributed by atoms with Crippen LogP contribution in [0.2, 0.25) is 0 Å². The third-order valence-electron chi connectivity index (χ3n) is 4.38. The number of aryl methyl sites for hydroxylation is 1. The summed E-state index contributed by atoms with van der Waals surface area (Å²) in [6.07, 6.45) is 0.140. The number of nitrogens with zero attached hydrogens (tertiary/aromatic N) is 1. The number of carboxylic acids is 1. The third kappa shape index (κ3) is 4.28. The molecule has 0 amide bonds. The fourth-order valence-electron chi connectivity index (χ4n) is 2.93. The van der Waals surface area contributed by atoms with E-state index in [1.807, 2.05) is 43.3 Å². The summed E-state index contributed by atoms with van der Waals surface area (Å²) in [6, 6.07) is 19.8. The van der Waals surface area contributed by atoms with Crippen molar-refractivity contribution in [2.45, 2.75) is 24.7 Å². The van der Waals surface area contributed by atoms with Gasteiger partial charge in [-0.2, -0.15) is 0 Å². The van der Waals surface area contributed by atoms with Crippen molar-refractivity contribution >= 4 is 32.5 Å². The van der Waals surface area contributed by atoms with Gasteiger partial charge in [0.2, 0.25) is 0 Å². The van der Waals surface area contributed by atoms with Gasteiger partial charge in [-0.1, -0.05) is 48.0 Å². The molecule has 3 aromatic rings. The minimum Gasteiger partial charge on any atom is -0.481 e. The van der Waals surface area contributed by atoms with Crippen molar-refractivity contribution in [2.24, 2.45) is 0 Å². The number of anilines is 1. The summed E-state index contributed by atoms with van der Waals surface area (Å²) in [5.74, 6) is -0.943. The molecule has 3 rings (SSSR count). The SMILES string of the molecule is Cc1ccc(S(=O)(=O)N(CCCC(=O)O)c2ccc3ccccc3c2)cc1. The van der Waals surface area contributed by atoms with Crippen molar-refractivity contribution in [1.29, 1.82) is 0 Å². The largest absolute Gasteiger partial charge is 0.481 e. The number of rotatable bonds is 7. The van der Waals surface area contributed by atoms with Gasteiger partial charge >= 0.3 is 5.97 Å². The molecule has 0 aliphatic rings. The van der Waals surface area contributed by atoms with E-state index in [1.165, 1.54) is 4.31 Å². The first-order valence-corrected chi connectivity index (χ1v) is 10.1. The van der Waals surface area contributed by atoms with Crippen molar-refractivity contribution in [3.63, 3.8) is 0 Å². The molecule has 0 saturated carbocycles. The second kappa shape index (κ2) is 7.80.